The first-order valence-electron chi connectivity index (χ1n) is 11.6. The summed E-state index contributed by atoms with van der Waals surface area (Å²) in [5.41, 5.74) is 6.25. The van der Waals surface area contributed by atoms with Crippen molar-refractivity contribution < 1.29 is 13.1 Å². The van der Waals surface area contributed by atoms with Crippen molar-refractivity contribution >= 4 is 22.1 Å². The average Bonchev–Trinajstić information content (AvgIpc) is 3.25. The predicted molar refractivity (Wildman–Crippen MR) is 113 cm³/mol. The van der Waals surface area contributed by atoms with Crippen LogP contribution in [0.25, 0.3) is 33.3 Å². The fraction of sp³-hybridized carbons (Fsp3) is 0.360. The van der Waals surface area contributed by atoms with E-state index in [2.05, 4.69) is 53.9 Å². The third kappa shape index (κ3) is 2.72. The van der Waals surface area contributed by atoms with E-state index in [9.17, 15) is 0 Å². The molecule has 28 heavy (non-hydrogen) atoms. The quantitative estimate of drug-likeness (QED) is 0.412. The lowest BCUT2D eigenvalue weighted by Crippen LogP contribution is -2.30. The van der Waals surface area contributed by atoms with Gasteiger partial charge in [0.25, 0.3) is 0 Å². The predicted octanol–water partition coefficient (Wildman–Crippen LogP) is 6.00. The van der Waals surface area contributed by atoms with Gasteiger partial charge >= 0.3 is 0 Å². The Morgan fingerprint density at radius 1 is 1.21 bits per heavy atom. The molecular weight excluding hydrogens is 344 g/mol. The first-order chi connectivity index (χ1) is 14.7. The molecule has 3 nitrogen and oxygen atoms in total. The number of hydrogen-bond donors (Lipinski definition) is 0. The summed E-state index contributed by atoms with van der Waals surface area (Å²) in [6.07, 6.45) is 3.02. The van der Waals surface area contributed by atoms with Gasteiger partial charge in [-0.15, -0.1) is 0 Å². The van der Waals surface area contributed by atoms with Crippen molar-refractivity contribution in [2.24, 2.45) is 7.05 Å². The number of aromatic nitrogens is 2. The third-order valence-electron chi connectivity index (χ3n) is 5.85. The normalized spacial score (nSPS) is 23.0. The van der Waals surface area contributed by atoms with Crippen LogP contribution in [-0.2, 0) is 13.5 Å². The molecular formula is C25H27N2O+. The molecule has 5 rings (SSSR count). The van der Waals surface area contributed by atoms with Gasteiger partial charge in [-0.25, -0.2) is 9.55 Å². The number of fused-ring (bicyclic) bond motifs is 3. The summed E-state index contributed by atoms with van der Waals surface area (Å²) in [5, 5.41) is 1.89. The Bertz CT molecular complexity index is 1330. The molecule has 0 aliphatic heterocycles. The molecule has 3 heteroatoms. The van der Waals surface area contributed by atoms with Crippen LogP contribution in [0.15, 0.2) is 47.0 Å². The van der Waals surface area contributed by atoms with Crippen molar-refractivity contribution in [3.8, 4) is 11.3 Å². The van der Waals surface area contributed by atoms with Crippen molar-refractivity contribution in [1.82, 2.24) is 4.98 Å². The van der Waals surface area contributed by atoms with Gasteiger partial charge in [0.2, 0.25) is 11.4 Å². The lowest BCUT2D eigenvalue weighted by molar-refractivity contribution is -0.660. The van der Waals surface area contributed by atoms with Gasteiger partial charge in [-0.3, -0.25) is 0 Å². The van der Waals surface area contributed by atoms with Crippen LogP contribution in [0.3, 0.4) is 0 Å². The lowest BCUT2D eigenvalue weighted by Gasteiger charge is -2.06. The molecule has 0 radical (unpaired) electrons. The van der Waals surface area contributed by atoms with Crippen LogP contribution in [0.2, 0.25) is 0 Å². The van der Waals surface area contributed by atoms with Crippen LogP contribution in [0, 0.1) is 6.92 Å². The van der Waals surface area contributed by atoms with E-state index in [0.29, 0.717) is 30.7 Å². The Kier molecular flexibility index (Phi) is 3.45. The number of nitrogens with zero attached hydrogens (tertiary/aromatic N) is 2. The first-order valence-corrected chi connectivity index (χ1v) is 10.1. The van der Waals surface area contributed by atoms with E-state index in [0.717, 1.165) is 39.6 Å². The van der Waals surface area contributed by atoms with Crippen LogP contribution in [0.1, 0.15) is 59.4 Å². The molecule has 1 fully saturated rings. The van der Waals surface area contributed by atoms with E-state index in [-0.39, 0.29) is 0 Å². The van der Waals surface area contributed by atoms with Gasteiger partial charge in [0.05, 0.1) is 5.56 Å². The molecule has 3 heterocycles. The van der Waals surface area contributed by atoms with Crippen molar-refractivity contribution in [3.05, 3.63) is 59.4 Å². The minimum atomic E-state index is -1.59. The van der Waals surface area contributed by atoms with Gasteiger partial charge in [0, 0.05) is 38.6 Å². The van der Waals surface area contributed by atoms with Gasteiger partial charge in [0.1, 0.15) is 7.05 Å². The second kappa shape index (κ2) is 6.73. The number of pyridine rings is 2. The molecule has 0 amide bonds. The second-order valence-corrected chi connectivity index (χ2v) is 7.68. The molecule has 0 spiro atoms. The molecule has 1 aliphatic rings. The maximum absolute atomic E-state index is 8.84. The number of aryl methyl sites for hydroxylation is 3. The summed E-state index contributed by atoms with van der Waals surface area (Å²) in [4.78, 5) is 4.68. The Morgan fingerprint density at radius 2 is 2.07 bits per heavy atom. The summed E-state index contributed by atoms with van der Waals surface area (Å²) in [7, 11) is 2.04. The fourth-order valence-electron chi connectivity index (χ4n) is 4.20. The van der Waals surface area contributed by atoms with E-state index >= 15 is 0 Å². The molecule has 1 atom stereocenters. The molecule has 1 unspecified atom stereocenters. The van der Waals surface area contributed by atoms with Crippen LogP contribution in [-0.4, -0.2) is 4.98 Å². The summed E-state index contributed by atoms with van der Waals surface area (Å²) < 4.78 is 33.9. The molecule has 4 aromatic rings. The highest BCUT2D eigenvalue weighted by Crippen LogP contribution is 2.38. The standard InChI is InChI=1S/C25H27N2O/c1-4-17-13-14-27(3)22(15-17)23-16(2)9-10-19-20-11-12-21(18-7-5-6-8-18)26-25(20)28-24(19)23/h9-15,18H,4-8H2,1-3H3/q+1/i7D2,18D. The molecule has 3 aromatic heterocycles. The number of hydrogen-bond acceptors (Lipinski definition) is 2. The van der Waals surface area contributed by atoms with Gasteiger partial charge in [-0.2, -0.15) is 0 Å². The fourth-order valence-corrected chi connectivity index (χ4v) is 4.20. The van der Waals surface area contributed by atoms with Crippen molar-refractivity contribution in [2.75, 3.05) is 0 Å². The van der Waals surface area contributed by atoms with Crippen LogP contribution >= 0.6 is 0 Å². The molecule has 0 saturated heterocycles. The van der Waals surface area contributed by atoms with Crippen molar-refractivity contribution in [2.45, 2.75) is 51.8 Å². The molecule has 1 aliphatic carbocycles. The lowest BCUT2D eigenvalue weighted by atomic mass is 9.99. The summed E-state index contributed by atoms with van der Waals surface area (Å²) >= 11 is 0. The molecule has 0 N–H and O–H groups in total. The van der Waals surface area contributed by atoms with Crippen LogP contribution < -0.4 is 4.57 Å². The van der Waals surface area contributed by atoms with Crippen LogP contribution in [0.5, 0.6) is 0 Å². The number of rotatable bonds is 3. The minimum Gasteiger partial charge on any atom is -0.437 e. The van der Waals surface area contributed by atoms with Gasteiger partial charge in [-0.1, -0.05) is 31.9 Å². The van der Waals surface area contributed by atoms with Gasteiger partial charge in [0.15, 0.2) is 11.8 Å². The van der Waals surface area contributed by atoms with E-state index in [1.54, 1.807) is 0 Å². The highest BCUT2D eigenvalue weighted by molar-refractivity contribution is 6.08. The van der Waals surface area contributed by atoms with E-state index in [1.165, 1.54) is 5.56 Å². The maximum atomic E-state index is 8.84. The van der Waals surface area contributed by atoms with E-state index in [1.807, 2.05) is 19.2 Å². The highest BCUT2D eigenvalue weighted by Gasteiger charge is 2.23. The SMILES string of the molecule is [2H]C1([2H])CCCC1([2H])c1ccc2c(n1)oc1c(-c3cc(CC)cc[n+]3C)c(C)ccc12. The Morgan fingerprint density at radius 3 is 2.86 bits per heavy atom. The zero-order valence-corrected chi connectivity index (χ0v) is 16.7. The van der Waals surface area contributed by atoms with Gasteiger partial charge in [-0.05, 0) is 49.4 Å². The van der Waals surface area contributed by atoms with E-state index in [4.69, 9.17) is 8.53 Å². The zero-order chi connectivity index (χ0) is 22.0. The number of benzene rings is 1. The second-order valence-electron chi connectivity index (χ2n) is 7.68. The monoisotopic (exact) mass is 374 g/mol. The summed E-state index contributed by atoms with van der Waals surface area (Å²) in [6.45, 7) is 4.24. The molecule has 142 valence electrons. The largest absolute Gasteiger partial charge is 0.437 e. The minimum absolute atomic E-state index is 0.393. The first kappa shape index (κ1) is 14.3. The summed E-state index contributed by atoms with van der Waals surface area (Å²) in [6, 6.07) is 12.3. The molecule has 1 aromatic carbocycles. The highest BCUT2D eigenvalue weighted by atomic mass is 16.3. The topological polar surface area (TPSA) is 29.9 Å². The van der Waals surface area contributed by atoms with Crippen molar-refractivity contribution in [3.63, 3.8) is 0 Å². The van der Waals surface area contributed by atoms with Gasteiger partial charge < -0.3 is 4.42 Å². The third-order valence-corrected chi connectivity index (χ3v) is 5.85. The Labute approximate surface area is 170 Å². The zero-order valence-electron chi connectivity index (χ0n) is 19.7. The average molecular weight is 375 g/mol. The van der Waals surface area contributed by atoms with Crippen LogP contribution in [0.4, 0.5) is 0 Å². The van der Waals surface area contributed by atoms with Crippen molar-refractivity contribution in [1.29, 1.82) is 0 Å². The Hall–Kier alpha value is -2.68. The molecule has 1 saturated carbocycles. The Balaban J connectivity index is 1.75. The summed E-state index contributed by atoms with van der Waals surface area (Å²) in [5.74, 6) is -1.33. The van der Waals surface area contributed by atoms with E-state index < -0.39 is 12.3 Å². The number of furan rings is 1. The molecule has 0 bridgehead atoms. The smallest absolute Gasteiger partial charge is 0.227 e. The maximum Gasteiger partial charge on any atom is 0.227 e.